The quantitative estimate of drug-likeness (QED) is 0.367. The third-order valence-electron chi connectivity index (χ3n) is 3.61. The molecule has 0 amide bonds. The van der Waals surface area contributed by atoms with E-state index in [1.165, 1.54) is 0 Å². The van der Waals surface area contributed by atoms with E-state index < -0.39 is 0 Å². The molecular weight excluding hydrogens is 296 g/mol. The Morgan fingerprint density at radius 1 is 1.26 bits per heavy atom. The molecule has 1 rings (SSSR count). The predicted molar refractivity (Wildman–Crippen MR) is 90.7 cm³/mol. The van der Waals surface area contributed by atoms with E-state index >= 15 is 0 Å². The number of hydrogen-bond acceptors (Lipinski definition) is 5. The Bertz CT molecular complexity index is 444. The van der Waals surface area contributed by atoms with Crippen LogP contribution in [0.1, 0.15) is 44.1 Å². The van der Waals surface area contributed by atoms with Gasteiger partial charge in [0.2, 0.25) is 0 Å². The molecule has 7 nitrogen and oxygen atoms in total. The van der Waals surface area contributed by atoms with Crippen LogP contribution in [0.5, 0.6) is 0 Å². The van der Waals surface area contributed by atoms with Gasteiger partial charge in [-0.1, -0.05) is 19.0 Å². The molecule has 0 aromatic carbocycles. The van der Waals surface area contributed by atoms with Gasteiger partial charge in [0.1, 0.15) is 0 Å². The maximum atomic E-state index is 5.39. The van der Waals surface area contributed by atoms with Crippen LogP contribution in [0.25, 0.3) is 0 Å². The molecule has 7 heteroatoms. The Morgan fingerprint density at radius 2 is 2.04 bits per heavy atom. The molecule has 1 aromatic rings. The molecule has 0 aliphatic carbocycles. The zero-order valence-electron chi connectivity index (χ0n) is 14.7. The van der Waals surface area contributed by atoms with Crippen LogP contribution in [0, 0.1) is 0 Å². The lowest BCUT2D eigenvalue weighted by Gasteiger charge is -2.10. The summed E-state index contributed by atoms with van der Waals surface area (Å²) < 4.78 is 15.7. The topological polar surface area (TPSA) is 80.9 Å². The van der Waals surface area contributed by atoms with Crippen LogP contribution in [-0.4, -0.2) is 51.6 Å². The van der Waals surface area contributed by atoms with Crippen molar-refractivity contribution in [3.63, 3.8) is 0 Å². The van der Waals surface area contributed by atoms with E-state index in [0.29, 0.717) is 44.8 Å². The van der Waals surface area contributed by atoms with Crippen LogP contribution in [-0.2, 0) is 16.0 Å². The zero-order chi connectivity index (χ0) is 16.9. The fraction of sp³-hybridized carbons (Fsp3) is 0.750. The minimum Gasteiger partial charge on any atom is -0.382 e. The highest BCUT2D eigenvalue weighted by Gasteiger charge is 2.13. The van der Waals surface area contributed by atoms with Gasteiger partial charge >= 0.3 is 0 Å². The number of methoxy groups -OCH3 is 1. The summed E-state index contributed by atoms with van der Waals surface area (Å²) in [6, 6.07) is 2.02. The first-order chi connectivity index (χ1) is 11.2. The second-order valence-corrected chi connectivity index (χ2v) is 5.19. The number of rotatable bonds is 11. The van der Waals surface area contributed by atoms with Gasteiger partial charge in [0.15, 0.2) is 11.7 Å². The first-order valence-electron chi connectivity index (χ1n) is 8.21. The molecule has 0 atom stereocenters. The molecule has 0 spiro atoms. The molecule has 2 N–H and O–H groups in total. The molecule has 23 heavy (non-hydrogen) atoms. The zero-order valence-corrected chi connectivity index (χ0v) is 14.7. The number of aliphatic imine (C=N–C) groups is 1. The van der Waals surface area contributed by atoms with Crippen LogP contribution in [0.2, 0.25) is 0 Å². The standard InChI is InChI=1S/C16H30N4O3/c1-5-13(6-2)15-11-14(23-20-15)12-19-16(17-3)18-7-8-22-10-9-21-4/h11,13H,5-10,12H2,1-4H3,(H2,17,18,19). The summed E-state index contributed by atoms with van der Waals surface area (Å²) in [6.07, 6.45) is 2.14. The van der Waals surface area contributed by atoms with Gasteiger partial charge in [-0.15, -0.1) is 0 Å². The van der Waals surface area contributed by atoms with E-state index in [2.05, 4.69) is 34.6 Å². The normalized spacial score (nSPS) is 12.0. The van der Waals surface area contributed by atoms with E-state index in [9.17, 15) is 0 Å². The molecule has 0 unspecified atom stereocenters. The third kappa shape index (κ3) is 7.47. The first kappa shape index (κ1) is 19.4. The van der Waals surface area contributed by atoms with E-state index in [1.807, 2.05) is 6.07 Å². The predicted octanol–water partition coefficient (Wildman–Crippen LogP) is 1.91. The lowest BCUT2D eigenvalue weighted by atomic mass is 9.99. The minimum atomic E-state index is 0.467. The number of nitrogens with zero attached hydrogens (tertiary/aromatic N) is 2. The molecule has 1 aromatic heterocycles. The smallest absolute Gasteiger partial charge is 0.191 e. The Morgan fingerprint density at radius 3 is 2.70 bits per heavy atom. The number of nitrogens with one attached hydrogen (secondary N) is 2. The van der Waals surface area contributed by atoms with E-state index in [0.717, 1.165) is 24.3 Å². The minimum absolute atomic E-state index is 0.467. The summed E-state index contributed by atoms with van der Waals surface area (Å²) in [5, 5.41) is 10.5. The van der Waals surface area contributed by atoms with Gasteiger partial charge in [-0.05, 0) is 12.8 Å². The second kappa shape index (κ2) is 11.9. The van der Waals surface area contributed by atoms with Crippen molar-refractivity contribution in [3.8, 4) is 0 Å². The highest BCUT2D eigenvalue weighted by molar-refractivity contribution is 5.79. The van der Waals surface area contributed by atoms with Crippen molar-refractivity contribution in [3.05, 3.63) is 17.5 Å². The van der Waals surface area contributed by atoms with Crippen molar-refractivity contribution >= 4 is 5.96 Å². The Balaban J connectivity index is 2.29. The van der Waals surface area contributed by atoms with Crippen molar-refractivity contribution in [2.24, 2.45) is 4.99 Å². The maximum Gasteiger partial charge on any atom is 0.191 e. The van der Waals surface area contributed by atoms with E-state index in [1.54, 1.807) is 14.2 Å². The maximum absolute atomic E-state index is 5.39. The van der Waals surface area contributed by atoms with Gasteiger partial charge < -0.3 is 24.6 Å². The molecule has 0 saturated carbocycles. The van der Waals surface area contributed by atoms with Crippen LogP contribution in [0.4, 0.5) is 0 Å². The number of ether oxygens (including phenoxy) is 2. The van der Waals surface area contributed by atoms with Crippen LogP contribution in [0.3, 0.4) is 0 Å². The van der Waals surface area contributed by atoms with Crippen LogP contribution >= 0.6 is 0 Å². The lowest BCUT2D eigenvalue weighted by molar-refractivity contribution is 0.0733. The van der Waals surface area contributed by atoms with E-state index in [-0.39, 0.29) is 0 Å². The Hall–Kier alpha value is -1.60. The van der Waals surface area contributed by atoms with Crippen LogP contribution < -0.4 is 10.6 Å². The molecular formula is C16H30N4O3. The Kier molecular flexibility index (Phi) is 10.1. The molecule has 0 radical (unpaired) electrons. The average Bonchev–Trinajstić information content (AvgIpc) is 3.03. The largest absolute Gasteiger partial charge is 0.382 e. The molecule has 132 valence electrons. The summed E-state index contributed by atoms with van der Waals surface area (Å²) in [6.45, 7) is 7.38. The van der Waals surface area contributed by atoms with Gasteiger partial charge in [0, 0.05) is 32.7 Å². The van der Waals surface area contributed by atoms with Crippen molar-refractivity contribution in [1.82, 2.24) is 15.8 Å². The monoisotopic (exact) mass is 326 g/mol. The summed E-state index contributed by atoms with van der Waals surface area (Å²) in [5.74, 6) is 1.99. The van der Waals surface area contributed by atoms with Gasteiger partial charge in [0.25, 0.3) is 0 Å². The SMILES string of the molecule is CCC(CC)c1cc(CNC(=NC)NCCOCCOC)on1. The molecule has 0 aliphatic heterocycles. The number of hydrogen-bond donors (Lipinski definition) is 2. The molecule has 1 heterocycles. The highest BCUT2D eigenvalue weighted by Crippen LogP contribution is 2.22. The van der Waals surface area contributed by atoms with Crippen molar-refractivity contribution in [2.45, 2.75) is 39.2 Å². The summed E-state index contributed by atoms with van der Waals surface area (Å²) in [4.78, 5) is 4.16. The fourth-order valence-corrected chi connectivity index (χ4v) is 2.19. The first-order valence-corrected chi connectivity index (χ1v) is 8.21. The molecule has 0 fully saturated rings. The second-order valence-electron chi connectivity index (χ2n) is 5.19. The number of aromatic nitrogens is 1. The average molecular weight is 326 g/mol. The van der Waals surface area contributed by atoms with E-state index in [4.69, 9.17) is 14.0 Å². The summed E-state index contributed by atoms with van der Waals surface area (Å²) in [7, 11) is 3.39. The van der Waals surface area contributed by atoms with Gasteiger partial charge in [-0.3, -0.25) is 4.99 Å². The highest BCUT2D eigenvalue weighted by atomic mass is 16.5. The van der Waals surface area contributed by atoms with Gasteiger partial charge in [-0.25, -0.2) is 0 Å². The van der Waals surface area contributed by atoms with Gasteiger partial charge in [0.05, 0.1) is 32.1 Å². The third-order valence-corrected chi connectivity index (χ3v) is 3.61. The van der Waals surface area contributed by atoms with Crippen molar-refractivity contribution in [2.75, 3.05) is 40.5 Å². The Labute approximate surface area is 138 Å². The summed E-state index contributed by atoms with van der Waals surface area (Å²) >= 11 is 0. The van der Waals surface area contributed by atoms with Crippen molar-refractivity contribution < 1.29 is 14.0 Å². The van der Waals surface area contributed by atoms with Gasteiger partial charge in [-0.2, -0.15) is 0 Å². The lowest BCUT2D eigenvalue weighted by Crippen LogP contribution is -2.38. The summed E-state index contributed by atoms with van der Waals surface area (Å²) in [5.41, 5.74) is 1.03. The fourth-order valence-electron chi connectivity index (χ4n) is 2.19. The molecule has 0 aliphatic rings. The number of guanidine groups is 1. The van der Waals surface area contributed by atoms with Crippen molar-refractivity contribution in [1.29, 1.82) is 0 Å². The van der Waals surface area contributed by atoms with Crippen LogP contribution in [0.15, 0.2) is 15.6 Å². The molecule has 0 bridgehead atoms. The molecule has 0 saturated heterocycles.